The van der Waals surface area contributed by atoms with Crippen molar-refractivity contribution in [2.45, 2.75) is 56.3 Å². The first-order valence-electron chi connectivity index (χ1n) is 12.9. The summed E-state index contributed by atoms with van der Waals surface area (Å²) in [4.78, 5) is 29.4. The van der Waals surface area contributed by atoms with E-state index in [-0.39, 0.29) is 16.2 Å². The standard InChI is InChI=1S/C29H29F3N4O5S/c1-28(2,3)41-27(38)35-24(13-16-29(30,31)32)26(37)34-20-11-9-19(10-12-20)22-14-17-33-25-23(22)15-18-36(25)42(39,40)21-7-5-4-6-8-21/h4-12,14-15,17-18,24H,13,16H2,1-3H3,(H,34,37)(H,35,38)/t24-/m1/s1. The van der Waals surface area contributed by atoms with Gasteiger partial charge in [-0.15, -0.1) is 0 Å². The number of nitrogens with one attached hydrogen (secondary N) is 2. The number of nitrogens with zero attached hydrogens (tertiary/aromatic N) is 2. The Balaban J connectivity index is 1.54. The highest BCUT2D eigenvalue weighted by molar-refractivity contribution is 7.90. The summed E-state index contributed by atoms with van der Waals surface area (Å²) in [5, 5.41) is 5.32. The lowest BCUT2D eigenvalue weighted by molar-refractivity contribution is -0.138. The quantitative estimate of drug-likeness (QED) is 0.251. The summed E-state index contributed by atoms with van der Waals surface area (Å²) in [6, 6.07) is 16.3. The topological polar surface area (TPSA) is 119 Å². The van der Waals surface area contributed by atoms with Crippen molar-refractivity contribution < 1.29 is 35.9 Å². The van der Waals surface area contributed by atoms with Gasteiger partial charge in [0.05, 0.1) is 4.90 Å². The summed E-state index contributed by atoms with van der Waals surface area (Å²) in [6.45, 7) is 4.77. The van der Waals surface area contributed by atoms with Gasteiger partial charge in [0.25, 0.3) is 10.0 Å². The van der Waals surface area contributed by atoms with Crippen LogP contribution in [0.4, 0.5) is 23.7 Å². The Morgan fingerprint density at radius 1 is 0.976 bits per heavy atom. The number of benzene rings is 2. The summed E-state index contributed by atoms with van der Waals surface area (Å²) in [5.41, 5.74) is 0.955. The summed E-state index contributed by atoms with van der Waals surface area (Å²) in [6.07, 6.45) is -4.58. The molecule has 0 fully saturated rings. The first kappa shape index (κ1) is 30.6. The number of fused-ring (bicyclic) bond motifs is 1. The molecule has 4 aromatic rings. The molecule has 2 heterocycles. The first-order chi connectivity index (χ1) is 19.6. The number of carbonyl (C=O) groups is 2. The van der Waals surface area contributed by atoms with Gasteiger partial charge in [0.15, 0.2) is 5.65 Å². The molecule has 42 heavy (non-hydrogen) atoms. The van der Waals surface area contributed by atoms with Crippen LogP contribution in [0.25, 0.3) is 22.2 Å². The van der Waals surface area contributed by atoms with Crippen LogP contribution in [0.3, 0.4) is 0 Å². The van der Waals surface area contributed by atoms with E-state index in [0.717, 1.165) is 3.97 Å². The van der Waals surface area contributed by atoms with Gasteiger partial charge < -0.3 is 15.4 Å². The van der Waals surface area contributed by atoms with Gasteiger partial charge >= 0.3 is 12.3 Å². The monoisotopic (exact) mass is 602 g/mol. The van der Waals surface area contributed by atoms with Crippen LogP contribution in [0, 0.1) is 0 Å². The van der Waals surface area contributed by atoms with E-state index in [4.69, 9.17) is 4.74 Å². The van der Waals surface area contributed by atoms with Crippen molar-refractivity contribution in [1.29, 1.82) is 0 Å². The zero-order valence-electron chi connectivity index (χ0n) is 23.0. The van der Waals surface area contributed by atoms with Crippen molar-refractivity contribution in [3.63, 3.8) is 0 Å². The summed E-state index contributed by atoms with van der Waals surface area (Å²) in [7, 11) is -3.89. The molecule has 1 atom stereocenters. The van der Waals surface area contributed by atoms with E-state index < -0.39 is 52.7 Å². The maximum atomic E-state index is 13.2. The summed E-state index contributed by atoms with van der Waals surface area (Å²) < 4.78 is 71.2. The predicted octanol–water partition coefficient (Wildman–Crippen LogP) is 6.11. The Kier molecular flexibility index (Phi) is 8.62. The summed E-state index contributed by atoms with van der Waals surface area (Å²) >= 11 is 0. The van der Waals surface area contributed by atoms with E-state index in [9.17, 15) is 31.2 Å². The molecule has 0 unspecified atom stereocenters. The molecule has 13 heteroatoms. The number of alkyl carbamates (subject to hydrolysis) is 1. The maximum absolute atomic E-state index is 13.2. The van der Waals surface area contributed by atoms with Crippen LogP contribution < -0.4 is 10.6 Å². The second kappa shape index (κ2) is 11.8. The van der Waals surface area contributed by atoms with Gasteiger partial charge in [-0.2, -0.15) is 13.2 Å². The van der Waals surface area contributed by atoms with E-state index in [0.29, 0.717) is 16.5 Å². The number of pyridine rings is 1. The lowest BCUT2D eigenvalue weighted by Gasteiger charge is -2.23. The lowest BCUT2D eigenvalue weighted by Crippen LogP contribution is -2.46. The average molecular weight is 603 g/mol. The molecule has 2 N–H and O–H groups in total. The van der Waals surface area contributed by atoms with Crippen molar-refractivity contribution >= 4 is 38.7 Å². The van der Waals surface area contributed by atoms with Gasteiger partial charge in [-0.3, -0.25) is 4.79 Å². The maximum Gasteiger partial charge on any atom is 0.408 e. The van der Waals surface area contributed by atoms with Gasteiger partial charge in [0.2, 0.25) is 5.91 Å². The van der Waals surface area contributed by atoms with Crippen LogP contribution in [-0.2, 0) is 19.6 Å². The third kappa shape index (κ3) is 7.46. The predicted molar refractivity (Wildman–Crippen MR) is 151 cm³/mol. The minimum Gasteiger partial charge on any atom is -0.444 e. The number of ether oxygens (including phenoxy) is 1. The van der Waals surface area contributed by atoms with Gasteiger partial charge in [0, 0.05) is 29.9 Å². The molecule has 0 bridgehead atoms. The Morgan fingerprint density at radius 2 is 1.64 bits per heavy atom. The van der Waals surface area contributed by atoms with Crippen LogP contribution in [0.1, 0.15) is 33.6 Å². The molecule has 0 radical (unpaired) electrons. The number of amides is 2. The van der Waals surface area contributed by atoms with E-state index in [1.807, 2.05) is 0 Å². The number of alkyl halides is 3. The van der Waals surface area contributed by atoms with Gasteiger partial charge in [-0.05, 0) is 74.7 Å². The minimum atomic E-state index is -4.52. The third-order valence-corrected chi connectivity index (χ3v) is 7.72. The number of halogens is 3. The van der Waals surface area contributed by atoms with Crippen molar-refractivity contribution in [3.05, 3.63) is 79.1 Å². The second-order valence-electron chi connectivity index (χ2n) is 10.4. The van der Waals surface area contributed by atoms with E-state index in [1.165, 1.54) is 24.5 Å². The molecule has 0 saturated carbocycles. The van der Waals surface area contributed by atoms with Gasteiger partial charge in [-0.1, -0.05) is 30.3 Å². The Labute approximate surface area is 240 Å². The van der Waals surface area contributed by atoms with Crippen molar-refractivity contribution in [3.8, 4) is 11.1 Å². The molecule has 0 aliphatic rings. The third-order valence-electron chi connectivity index (χ3n) is 6.04. The van der Waals surface area contributed by atoms with E-state index in [1.54, 1.807) is 75.4 Å². The zero-order chi connectivity index (χ0) is 30.7. The van der Waals surface area contributed by atoms with Crippen LogP contribution in [-0.4, -0.2) is 47.2 Å². The van der Waals surface area contributed by atoms with E-state index in [2.05, 4.69) is 15.6 Å². The molecular weight excluding hydrogens is 573 g/mol. The fourth-order valence-corrected chi connectivity index (χ4v) is 5.48. The number of anilines is 1. The smallest absolute Gasteiger partial charge is 0.408 e. The number of rotatable bonds is 8. The van der Waals surface area contributed by atoms with Crippen molar-refractivity contribution in [2.75, 3.05) is 5.32 Å². The molecule has 2 amide bonds. The number of carbonyl (C=O) groups excluding carboxylic acids is 2. The fraction of sp³-hybridized carbons (Fsp3) is 0.276. The van der Waals surface area contributed by atoms with Crippen LogP contribution in [0.15, 0.2) is 84.0 Å². The second-order valence-corrected chi connectivity index (χ2v) is 12.3. The van der Waals surface area contributed by atoms with Gasteiger partial charge in [0.1, 0.15) is 11.6 Å². The minimum absolute atomic E-state index is 0.115. The molecule has 222 valence electrons. The largest absolute Gasteiger partial charge is 0.444 e. The Morgan fingerprint density at radius 3 is 2.26 bits per heavy atom. The first-order valence-corrected chi connectivity index (χ1v) is 14.3. The molecule has 2 aromatic carbocycles. The van der Waals surface area contributed by atoms with Crippen molar-refractivity contribution in [1.82, 2.24) is 14.3 Å². The molecule has 4 rings (SSSR count). The highest BCUT2D eigenvalue weighted by atomic mass is 32.2. The lowest BCUT2D eigenvalue weighted by atomic mass is 10.0. The fourth-order valence-electron chi connectivity index (χ4n) is 4.16. The highest BCUT2D eigenvalue weighted by Crippen LogP contribution is 2.31. The average Bonchev–Trinajstić information content (AvgIpc) is 3.36. The number of hydrogen-bond donors (Lipinski definition) is 2. The molecule has 0 aliphatic heterocycles. The molecule has 0 spiro atoms. The SMILES string of the molecule is CC(C)(C)OC(=O)N[C@H](CCC(F)(F)F)C(=O)Nc1ccc(-c2ccnc3c2ccn3S(=O)(=O)c2ccccc2)cc1. The van der Waals surface area contributed by atoms with Crippen LogP contribution >= 0.6 is 0 Å². The summed E-state index contributed by atoms with van der Waals surface area (Å²) in [5.74, 6) is -0.840. The van der Waals surface area contributed by atoms with Crippen LogP contribution in [0.5, 0.6) is 0 Å². The molecule has 2 aromatic heterocycles. The molecular formula is C29H29F3N4O5S. The molecule has 0 saturated heterocycles. The zero-order valence-corrected chi connectivity index (χ0v) is 23.8. The Hall–Kier alpha value is -4.39. The van der Waals surface area contributed by atoms with E-state index >= 15 is 0 Å². The normalized spacial score (nSPS) is 13.0. The number of hydrogen-bond acceptors (Lipinski definition) is 6. The van der Waals surface area contributed by atoms with Gasteiger partial charge in [-0.25, -0.2) is 22.2 Å². The van der Waals surface area contributed by atoms with Crippen molar-refractivity contribution in [2.24, 2.45) is 0 Å². The number of aromatic nitrogens is 2. The Bertz CT molecular complexity index is 1680. The van der Waals surface area contributed by atoms with Crippen LogP contribution in [0.2, 0.25) is 0 Å². The molecule has 9 nitrogen and oxygen atoms in total. The highest BCUT2D eigenvalue weighted by Gasteiger charge is 2.32. The molecule has 0 aliphatic carbocycles.